The van der Waals surface area contributed by atoms with Gasteiger partial charge in [0.05, 0.1) is 40.3 Å². The van der Waals surface area contributed by atoms with Gasteiger partial charge in [-0.05, 0) is 38.5 Å². The summed E-state index contributed by atoms with van der Waals surface area (Å²) in [7, 11) is 5.86. The van der Waals surface area contributed by atoms with Crippen molar-refractivity contribution in [3.05, 3.63) is 24.3 Å². The van der Waals surface area contributed by atoms with Crippen molar-refractivity contribution in [2.75, 3.05) is 47.5 Å². The summed E-state index contributed by atoms with van der Waals surface area (Å²) in [6.45, 7) is 2.40. The van der Waals surface area contributed by atoms with E-state index in [-0.39, 0.29) is 25.8 Å². The number of unbranched alkanes of at least 4 members (excludes halogenated alkanes) is 10. The first kappa shape index (κ1) is 36.3. The highest BCUT2D eigenvalue weighted by molar-refractivity contribution is 5.69. The van der Waals surface area contributed by atoms with Gasteiger partial charge in [0.25, 0.3) is 0 Å². The third kappa shape index (κ3) is 25.9. The van der Waals surface area contributed by atoms with Crippen LogP contribution in [-0.2, 0) is 23.8 Å². The number of rotatable bonds is 26. The van der Waals surface area contributed by atoms with E-state index in [0.717, 1.165) is 32.1 Å². The van der Waals surface area contributed by atoms with Crippen LogP contribution in [0.3, 0.4) is 0 Å². The fourth-order valence-corrected chi connectivity index (χ4v) is 3.56. The first-order chi connectivity index (χ1) is 18.2. The van der Waals surface area contributed by atoms with Gasteiger partial charge in [-0.15, -0.1) is 0 Å². The van der Waals surface area contributed by atoms with E-state index in [0.29, 0.717) is 17.4 Å². The van der Waals surface area contributed by atoms with Crippen molar-refractivity contribution in [1.29, 1.82) is 0 Å². The number of allylic oxidation sites excluding steroid dienone is 4. The number of hydrogen-bond acceptors (Lipinski definition) is 7. The van der Waals surface area contributed by atoms with E-state index in [2.05, 4.69) is 31.2 Å². The number of aliphatic hydroxyl groups excluding tert-OH is 1. The highest BCUT2D eigenvalue weighted by Crippen LogP contribution is 2.11. The number of quaternary nitrogens is 1. The Morgan fingerprint density at radius 3 is 1.97 bits per heavy atom. The van der Waals surface area contributed by atoms with Gasteiger partial charge in [0, 0.05) is 6.42 Å². The predicted octanol–water partition coefficient (Wildman–Crippen LogP) is 4.30. The number of esters is 1. The van der Waals surface area contributed by atoms with Gasteiger partial charge in [0.2, 0.25) is 0 Å². The molecule has 222 valence electrons. The zero-order valence-electron chi connectivity index (χ0n) is 24.5. The second-order valence-corrected chi connectivity index (χ2v) is 10.9. The lowest BCUT2D eigenvalue weighted by atomic mass is 10.1. The van der Waals surface area contributed by atoms with Crippen LogP contribution in [0.4, 0.5) is 0 Å². The van der Waals surface area contributed by atoms with Crippen molar-refractivity contribution in [3.8, 4) is 0 Å². The highest BCUT2D eigenvalue weighted by Gasteiger charge is 2.17. The third-order valence-electron chi connectivity index (χ3n) is 5.93. The van der Waals surface area contributed by atoms with Gasteiger partial charge in [-0.2, -0.15) is 0 Å². The Bertz CT molecular complexity index is 643. The minimum atomic E-state index is -1.57. The largest absolute Gasteiger partial charge is 0.545 e. The number of carbonyl (C=O) groups is 2. The SMILES string of the molecule is CCCCC/C=C\C/C=C\CCCCCCCCCC(=O)OCC(O)COC(OCC[N+](C)(C)C)C(=O)[O-]. The fraction of sp³-hybridized carbons (Fsp3) is 0.800. The molecule has 0 radical (unpaired) electrons. The molecule has 0 aromatic heterocycles. The molecule has 1 N–H and O–H groups in total. The number of carboxylic acid groups (broad SMARTS) is 1. The molecule has 0 aliphatic rings. The van der Waals surface area contributed by atoms with Gasteiger partial charge < -0.3 is 33.7 Å². The van der Waals surface area contributed by atoms with Gasteiger partial charge in [0.15, 0.2) is 6.29 Å². The molecule has 0 aliphatic carbocycles. The van der Waals surface area contributed by atoms with E-state index in [9.17, 15) is 19.8 Å². The molecule has 2 atom stereocenters. The van der Waals surface area contributed by atoms with Gasteiger partial charge in [-0.3, -0.25) is 4.79 Å². The average molecular weight is 542 g/mol. The monoisotopic (exact) mass is 541 g/mol. The molecule has 0 aliphatic heterocycles. The van der Waals surface area contributed by atoms with E-state index in [1.165, 1.54) is 51.4 Å². The van der Waals surface area contributed by atoms with Crippen molar-refractivity contribution in [3.63, 3.8) is 0 Å². The van der Waals surface area contributed by atoms with Crippen LogP contribution < -0.4 is 5.11 Å². The van der Waals surface area contributed by atoms with Crippen molar-refractivity contribution in [2.45, 2.75) is 109 Å². The summed E-state index contributed by atoms with van der Waals surface area (Å²) in [5, 5.41) is 21.1. The summed E-state index contributed by atoms with van der Waals surface area (Å²) < 4.78 is 15.9. The molecule has 8 heteroatoms. The molecule has 2 unspecified atom stereocenters. The summed E-state index contributed by atoms with van der Waals surface area (Å²) >= 11 is 0. The first-order valence-electron chi connectivity index (χ1n) is 14.5. The number of carbonyl (C=O) groups excluding carboxylic acids is 2. The van der Waals surface area contributed by atoms with Crippen LogP contribution in [0.5, 0.6) is 0 Å². The van der Waals surface area contributed by atoms with E-state index in [1.807, 2.05) is 21.1 Å². The van der Waals surface area contributed by atoms with Crippen LogP contribution in [-0.4, -0.2) is 81.4 Å². The van der Waals surface area contributed by atoms with Crippen LogP contribution in [0.15, 0.2) is 24.3 Å². The van der Waals surface area contributed by atoms with E-state index in [1.54, 1.807) is 0 Å². The van der Waals surface area contributed by atoms with E-state index >= 15 is 0 Å². The molecule has 0 bridgehead atoms. The second-order valence-electron chi connectivity index (χ2n) is 10.9. The van der Waals surface area contributed by atoms with Crippen molar-refractivity contribution in [2.24, 2.45) is 0 Å². The molecule has 8 nitrogen and oxygen atoms in total. The van der Waals surface area contributed by atoms with Crippen LogP contribution in [0, 0.1) is 0 Å². The molecule has 0 aromatic carbocycles. The number of likely N-dealkylation sites (N-methyl/N-ethyl adjacent to an activating group) is 1. The van der Waals surface area contributed by atoms with Crippen molar-refractivity contribution < 1.29 is 38.5 Å². The third-order valence-corrected chi connectivity index (χ3v) is 5.93. The van der Waals surface area contributed by atoms with E-state index in [4.69, 9.17) is 14.2 Å². The summed E-state index contributed by atoms with van der Waals surface area (Å²) in [6.07, 6.45) is 21.6. The minimum absolute atomic E-state index is 0.169. The molecular formula is C30H55NO7. The number of ether oxygens (including phenoxy) is 3. The lowest BCUT2D eigenvalue weighted by Crippen LogP contribution is -2.44. The normalized spacial score (nSPS) is 13.8. The van der Waals surface area contributed by atoms with Gasteiger partial charge >= 0.3 is 5.97 Å². The number of aliphatic hydroxyl groups is 1. The number of nitrogens with zero attached hydrogens (tertiary/aromatic N) is 1. The number of carboxylic acids is 1. The fourth-order valence-electron chi connectivity index (χ4n) is 3.56. The molecule has 0 spiro atoms. The molecule has 0 saturated heterocycles. The number of aliphatic carboxylic acids is 1. The molecule has 0 heterocycles. The number of hydrogen-bond donors (Lipinski definition) is 1. The molecule has 0 rings (SSSR count). The topological polar surface area (TPSA) is 105 Å². The minimum Gasteiger partial charge on any atom is -0.545 e. The summed E-state index contributed by atoms with van der Waals surface area (Å²) in [6, 6.07) is 0. The summed E-state index contributed by atoms with van der Waals surface area (Å²) in [4.78, 5) is 23.0. The Morgan fingerprint density at radius 1 is 0.816 bits per heavy atom. The van der Waals surface area contributed by atoms with Crippen LogP contribution in [0.1, 0.15) is 96.8 Å². The Hall–Kier alpha value is -1.74. The first-order valence-corrected chi connectivity index (χ1v) is 14.5. The summed E-state index contributed by atoms with van der Waals surface area (Å²) in [5.41, 5.74) is 0. The lowest BCUT2D eigenvalue weighted by Gasteiger charge is -2.26. The highest BCUT2D eigenvalue weighted by atomic mass is 16.7. The maximum absolute atomic E-state index is 11.9. The Morgan fingerprint density at radius 2 is 1.39 bits per heavy atom. The second kappa shape index (κ2) is 24.3. The van der Waals surface area contributed by atoms with E-state index < -0.39 is 18.4 Å². The Kier molecular flexibility index (Phi) is 23.2. The summed E-state index contributed by atoms with van der Waals surface area (Å²) in [5.74, 6) is -1.88. The predicted molar refractivity (Wildman–Crippen MR) is 149 cm³/mol. The van der Waals surface area contributed by atoms with Crippen molar-refractivity contribution in [1.82, 2.24) is 0 Å². The molecular weight excluding hydrogens is 486 g/mol. The average Bonchev–Trinajstić information content (AvgIpc) is 2.85. The Balaban J connectivity index is 3.65. The molecule has 0 amide bonds. The van der Waals surface area contributed by atoms with Gasteiger partial charge in [-0.1, -0.05) is 76.2 Å². The molecule has 38 heavy (non-hydrogen) atoms. The quantitative estimate of drug-likeness (QED) is 0.0572. The standard InChI is InChI=1S/C30H55NO7/c1-5-6-7-8-9-10-11-12-13-14-15-16-17-18-19-20-21-22-28(33)37-25-27(32)26-38-30(29(34)35)36-24-23-31(2,3)4/h9-10,12-13,27,30,32H,5-8,11,14-26H2,1-4H3/b10-9-,13-12-. The lowest BCUT2D eigenvalue weighted by molar-refractivity contribution is -0.870. The Labute approximate surface area is 231 Å². The van der Waals surface area contributed by atoms with Crippen LogP contribution in [0.25, 0.3) is 0 Å². The smallest absolute Gasteiger partial charge is 0.305 e. The maximum atomic E-state index is 11.9. The maximum Gasteiger partial charge on any atom is 0.305 e. The molecule has 0 aromatic rings. The van der Waals surface area contributed by atoms with Gasteiger partial charge in [0.1, 0.15) is 19.3 Å². The van der Waals surface area contributed by atoms with Gasteiger partial charge in [-0.25, -0.2) is 0 Å². The van der Waals surface area contributed by atoms with Crippen molar-refractivity contribution >= 4 is 11.9 Å². The molecule has 0 saturated carbocycles. The van der Waals surface area contributed by atoms with Crippen LogP contribution >= 0.6 is 0 Å². The zero-order chi connectivity index (χ0) is 28.5. The molecule has 0 fully saturated rings. The zero-order valence-corrected chi connectivity index (χ0v) is 24.5. The van der Waals surface area contributed by atoms with Crippen LogP contribution in [0.2, 0.25) is 0 Å².